The first kappa shape index (κ1) is 23.7. The average Bonchev–Trinajstić information content (AvgIpc) is 3.05. The van der Waals surface area contributed by atoms with Crippen LogP contribution in [0.25, 0.3) is 0 Å². The molecule has 158 valence electrons. The normalized spacial score (nSPS) is 13.1. The highest BCUT2D eigenvalue weighted by Crippen LogP contribution is 2.39. The highest BCUT2D eigenvalue weighted by molar-refractivity contribution is 5.87. The van der Waals surface area contributed by atoms with Crippen molar-refractivity contribution in [3.8, 4) is 17.2 Å². The molecule has 11 heteroatoms. The van der Waals surface area contributed by atoms with Crippen molar-refractivity contribution in [2.45, 2.75) is 33.0 Å². The van der Waals surface area contributed by atoms with Crippen LogP contribution in [0, 0.1) is 5.92 Å². The van der Waals surface area contributed by atoms with Crippen molar-refractivity contribution >= 4 is 24.2 Å². The number of ether oxygens (including phenoxy) is 3. The summed E-state index contributed by atoms with van der Waals surface area (Å²) in [6.07, 6.45) is 0. The molecule has 0 radical (unpaired) electrons. The second-order valence-corrected chi connectivity index (χ2v) is 6.43. The molecule has 0 aliphatic carbocycles. The Hall–Kier alpha value is -2.33. The van der Waals surface area contributed by atoms with Crippen LogP contribution < -0.4 is 25.3 Å². The molecule has 0 spiro atoms. The number of rotatable bonds is 8. The van der Waals surface area contributed by atoms with Gasteiger partial charge in [-0.05, 0) is 12.0 Å². The number of nitrogens with two attached hydrogens (primary N) is 1. The van der Waals surface area contributed by atoms with Gasteiger partial charge in [-0.15, -0.1) is 12.4 Å². The summed E-state index contributed by atoms with van der Waals surface area (Å²) >= 11 is 0. The number of nitrogens with zero attached hydrogens (tertiary/aromatic N) is 1. The number of alkyl halides is 2. The van der Waals surface area contributed by atoms with Crippen molar-refractivity contribution in [1.82, 2.24) is 10.2 Å². The van der Waals surface area contributed by atoms with Gasteiger partial charge >= 0.3 is 6.61 Å². The van der Waals surface area contributed by atoms with E-state index in [2.05, 4.69) is 10.1 Å². The quantitative estimate of drug-likeness (QED) is 0.656. The molecule has 0 saturated carbocycles. The Morgan fingerprint density at radius 1 is 1.29 bits per heavy atom. The zero-order chi connectivity index (χ0) is 20.1. The van der Waals surface area contributed by atoms with Crippen LogP contribution in [0.15, 0.2) is 12.1 Å². The van der Waals surface area contributed by atoms with Crippen molar-refractivity contribution in [1.29, 1.82) is 0 Å². The number of carbonyl (C=O) groups excluding carboxylic acids is 2. The molecule has 1 heterocycles. The number of carbonyl (C=O) groups is 2. The topological polar surface area (TPSA) is 103 Å². The van der Waals surface area contributed by atoms with Crippen molar-refractivity contribution in [2.24, 2.45) is 11.7 Å². The van der Waals surface area contributed by atoms with Gasteiger partial charge in [-0.25, -0.2) is 0 Å². The van der Waals surface area contributed by atoms with E-state index in [1.165, 1.54) is 24.1 Å². The second-order valence-electron chi connectivity index (χ2n) is 6.43. The van der Waals surface area contributed by atoms with Crippen LogP contribution in [0.5, 0.6) is 17.2 Å². The Balaban J connectivity index is 0.00000392. The predicted octanol–water partition coefficient (Wildman–Crippen LogP) is 1.50. The molecule has 0 bridgehead atoms. The summed E-state index contributed by atoms with van der Waals surface area (Å²) < 4.78 is 40.2. The molecule has 0 fully saturated rings. The maximum atomic E-state index is 12.7. The first-order valence-electron chi connectivity index (χ1n) is 8.33. The number of nitrogens with one attached hydrogen (secondary N) is 1. The van der Waals surface area contributed by atoms with E-state index in [0.29, 0.717) is 17.1 Å². The molecular formula is C17H24ClF2N3O5. The minimum atomic E-state index is -3.03. The maximum Gasteiger partial charge on any atom is 0.387 e. The van der Waals surface area contributed by atoms with E-state index in [0.717, 1.165) is 0 Å². The van der Waals surface area contributed by atoms with Gasteiger partial charge in [0.05, 0.1) is 12.6 Å². The minimum Gasteiger partial charge on any atom is -0.454 e. The fourth-order valence-corrected chi connectivity index (χ4v) is 2.36. The lowest BCUT2D eigenvalue weighted by atomic mass is 10.1. The van der Waals surface area contributed by atoms with E-state index in [9.17, 15) is 18.4 Å². The van der Waals surface area contributed by atoms with Crippen LogP contribution in [0.1, 0.15) is 19.4 Å². The Kier molecular flexibility index (Phi) is 8.70. The molecule has 0 saturated heterocycles. The number of hydrogen-bond donors (Lipinski definition) is 2. The smallest absolute Gasteiger partial charge is 0.387 e. The highest BCUT2D eigenvalue weighted by atomic mass is 35.5. The van der Waals surface area contributed by atoms with E-state index in [1.54, 1.807) is 13.8 Å². The molecule has 1 aromatic carbocycles. The van der Waals surface area contributed by atoms with Crippen LogP contribution in [0.3, 0.4) is 0 Å². The Morgan fingerprint density at radius 2 is 1.89 bits per heavy atom. The van der Waals surface area contributed by atoms with E-state index in [-0.39, 0.29) is 44.0 Å². The SMILES string of the molecule is CC(C)[C@H](N)C(=O)NCC(=O)N(C)Cc1cc2c(cc1OC(F)F)OCO2.Cl. The second kappa shape index (κ2) is 10.3. The van der Waals surface area contributed by atoms with E-state index in [1.807, 2.05) is 0 Å². The molecule has 0 aromatic heterocycles. The lowest BCUT2D eigenvalue weighted by Gasteiger charge is -2.21. The largest absolute Gasteiger partial charge is 0.454 e. The Labute approximate surface area is 167 Å². The van der Waals surface area contributed by atoms with Gasteiger partial charge in [0.1, 0.15) is 5.75 Å². The molecule has 2 amide bonds. The van der Waals surface area contributed by atoms with Gasteiger partial charge in [0.15, 0.2) is 11.5 Å². The summed E-state index contributed by atoms with van der Waals surface area (Å²) in [6, 6.07) is 2.06. The van der Waals surface area contributed by atoms with E-state index >= 15 is 0 Å². The first-order chi connectivity index (χ1) is 12.7. The fraction of sp³-hybridized carbons (Fsp3) is 0.529. The van der Waals surface area contributed by atoms with Crippen LogP contribution in [-0.4, -0.2) is 49.8 Å². The van der Waals surface area contributed by atoms with E-state index < -0.39 is 24.5 Å². The molecule has 1 aliphatic rings. The molecule has 1 atom stereocenters. The number of fused-ring (bicyclic) bond motifs is 1. The summed E-state index contributed by atoms with van der Waals surface area (Å²) in [5.41, 5.74) is 6.03. The van der Waals surface area contributed by atoms with Gasteiger partial charge in [-0.3, -0.25) is 9.59 Å². The molecule has 8 nitrogen and oxygen atoms in total. The molecule has 1 aromatic rings. The zero-order valence-electron chi connectivity index (χ0n) is 15.7. The maximum absolute atomic E-state index is 12.7. The number of benzene rings is 1. The minimum absolute atomic E-state index is 0. The summed E-state index contributed by atoms with van der Waals surface area (Å²) in [7, 11) is 1.48. The van der Waals surface area contributed by atoms with Crippen LogP contribution in [-0.2, 0) is 16.1 Å². The van der Waals surface area contributed by atoms with Gasteiger partial charge in [0.2, 0.25) is 18.6 Å². The Morgan fingerprint density at radius 3 is 2.46 bits per heavy atom. The van der Waals surface area contributed by atoms with Crippen molar-refractivity contribution in [3.05, 3.63) is 17.7 Å². The van der Waals surface area contributed by atoms with Crippen LogP contribution in [0.2, 0.25) is 0 Å². The summed E-state index contributed by atoms with van der Waals surface area (Å²) in [5, 5.41) is 2.47. The van der Waals surface area contributed by atoms with Crippen molar-refractivity contribution in [2.75, 3.05) is 20.4 Å². The average molecular weight is 424 g/mol. The lowest BCUT2D eigenvalue weighted by Crippen LogP contribution is -2.47. The molecule has 28 heavy (non-hydrogen) atoms. The van der Waals surface area contributed by atoms with Gasteiger partial charge in [0.25, 0.3) is 0 Å². The number of likely N-dealkylation sites (N-methyl/N-ethyl adjacent to an activating group) is 1. The molecule has 3 N–H and O–H groups in total. The predicted molar refractivity (Wildman–Crippen MR) is 98.7 cm³/mol. The van der Waals surface area contributed by atoms with Crippen LogP contribution in [0.4, 0.5) is 8.78 Å². The number of halogens is 3. The first-order valence-corrected chi connectivity index (χ1v) is 8.33. The number of hydrogen-bond acceptors (Lipinski definition) is 6. The van der Waals surface area contributed by atoms with Gasteiger partial charge < -0.3 is 30.2 Å². The molecule has 0 unspecified atom stereocenters. The van der Waals surface area contributed by atoms with Crippen LogP contribution >= 0.6 is 12.4 Å². The zero-order valence-corrected chi connectivity index (χ0v) is 16.6. The van der Waals surface area contributed by atoms with Crippen molar-refractivity contribution in [3.63, 3.8) is 0 Å². The standard InChI is InChI=1S/C17H23F2N3O5.ClH/c1-9(2)15(20)16(24)21-6-14(23)22(3)7-10-4-12-13(26-8-25-12)5-11(10)27-17(18)19;/h4-5,9,15,17H,6-8,20H2,1-3H3,(H,21,24);1H/t15-;/m0./s1. The molecular weight excluding hydrogens is 400 g/mol. The summed E-state index contributed by atoms with van der Waals surface area (Å²) in [6.45, 7) is 0.255. The van der Waals surface area contributed by atoms with Gasteiger partial charge in [0, 0.05) is 25.2 Å². The van der Waals surface area contributed by atoms with Gasteiger partial charge in [-0.2, -0.15) is 8.78 Å². The lowest BCUT2D eigenvalue weighted by molar-refractivity contribution is -0.132. The molecule has 2 rings (SSSR count). The monoisotopic (exact) mass is 423 g/mol. The van der Waals surface area contributed by atoms with Gasteiger partial charge in [-0.1, -0.05) is 13.8 Å². The third-order valence-electron chi connectivity index (χ3n) is 4.04. The highest BCUT2D eigenvalue weighted by Gasteiger charge is 2.23. The molecule has 1 aliphatic heterocycles. The van der Waals surface area contributed by atoms with Crippen molar-refractivity contribution < 1.29 is 32.6 Å². The number of amides is 2. The third-order valence-corrected chi connectivity index (χ3v) is 4.04. The summed E-state index contributed by atoms with van der Waals surface area (Å²) in [4.78, 5) is 25.3. The summed E-state index contributed by atoms with van der Waals surface area (Å²) in [5.74, 6) is -0.362. The fourth-order valence-electron chi connectivity index (χ4n) is 2.36. The Bertz CT molecular complexity index is 706. The third kappa shape index (κ3) is 6.10. The van der Waals surface area contributed by atoms with E-state index in [4.69, 9.17) is 15.2 Å².